The van der Waals surface area contributed by atoms with Crippen LogP contribution >= 0.6 is 0 Å². The number of benzene rings is 3. The Morgan fingerprint density at radius 3 is 2.46 bits per heavy atom. The van der Waals surface area contributed by atoms with Crippen molar-refractivity contribution in [3.8, 4) is 11.5 Å². The lowest BCUT2D eigenvalue weighted by atomic mass is 10.0. The topological polar surface area (TPSA) is 35.5 Å². The smallest absolute Gasteiger partial charge is 0.313 e. The summed E-state index contributed by atoms with van der Waals surface area (Å²) in [6.07, 6.45) is 4.11. The quantitative estimate of drug-likeness (QED) is 0.344. The van der Waals surface area contributed by atoms with Gasteiger partial charge in [0.05, 0.1) is 13.0 Å². The molecule has 3 rings (SSSR count). The van der Waals surface area contributed by atoms with Gasteiger partial charge in [-0.1, -0.05) is 74.5 Å². The number of fused-ring (bicyclic) bond motifs is 1. The van der Waals surface area contributed by atoms with E-state index in [0.29, 0.717) is 11.5 Å². The first-order chi connectivity index (χ1) is 12.6. The van der Waals surface area contributed by atoms with Gasteiger partial charge in [0, 0.05) is 0 Å². The first-order valence-corrected chi connectivity index (χ1v) is 8.64. The largest absolute Gasteiger partial charge is 0.493 e. The monoisotopic (exact) mass is 346 g/mol. The SMILES string of the molecule is COc1cc(/C=C/c2cccc3ccccc23)ccc1OC(=O)C(C)C. The average Bonchev–Trinajstić information content (AvgIpc) is 2.66. The van der Waals surface area contributed by atoms with Crippen LogP contribution in [0.2, 0.25) is 0 Å². The van der Waals surface area contributed by atoms with E-state index in [-0.39, 0.29) is 11.9 Å². The normalized spacial score (nSPS) is 11.2. The van der Waals surface area contributed by atoms with Crippen LogP contribution in [-0.4, -0.2) is 13.1 Å². The highest BCUT2D eigenvalue weighted by atomic mass is 16.6. The zero-order valence-corrected chi connectivity index (χ0v) is 15.2. The second-order valence-corrected chi connectivity index (χ2v) is 6.39. The van der Waals surface area contributed by atoms with Gasteiger partial charge >= 0.3 is 5.97 Å². The van der Waals surface area contributed by atoms with Crippen molar-refractivity contribution in [2.45, 2.75) is 13.8 Å². The zero-order chi connectivity index (χ0) is 18.5. The van der Waals surface area contributed by atoms with Crippen molar-refractivity contribution in [3.63, 3.8) is 0 Å². The molecule has 0 spiro atoms. The molecule has 0 unspecified atom stereocenters. The number of hydrogen-bond acceptors (Lipinski definition) is 3. The Morgan fingerprint density at radius 2 is 1.69 bits per heavy atom. The Morgan fingerprint density at radius 1 is 0.923 bits per heavy atom. The van der Waals surface area contributed by atoms with Crippen LogP contribution in [0.3, 0.4) is 0 Å². The highest BCUT2D eigenvalue weighted by Gasteiger charge is 2.13. The van der Waals surface area contributed by atoms with Crippen LogP contribution in [0, 0.1) is 5.92 Å². The summed E-state index contributed by atoms with van der Waals surface area (Å²) in [4.78, 5) is 11.8. The van der Waals surface area contributed by atoms with Crippen LogP contribution in [0.4, 0.5) is 0 Å². The van der Waals surface area contributed by atoms with Gasteiger partial charge in [-0.05, 0) is 34.0 Å². The third kappa shape index (κ3) is 3.94. The standard InChI is InChI=1S/C23H22O3/c1-16(2)23(24)26-21-14-12-17(15-22(21)25-3)11-13-19-9-6-8-18-7-4-5-10-20(18)19/h4-16H,1-3H3/b13-11+. The minimum atomic E-state index is -0.276. The third-order valence-corrected chi connectivity index (χ3v) is 4.15. The van der Waals surface area contributed by atoms with Gasteiger partial charge in [0.15, 0.2) is 11.5 Å². The predicted octanol–water partition coefficient (Wildman–Crippen LogP) is 5.58. The summed E-state index contributed by atoms with van der Waals surface area (Å²) in [6.45, 7) is 3.60. The Labute approximate surface area is 153 Å². The molecule has 0 atom stereocenters. The van der Waals surface area contributed by atoms with E-state index < -0.39 is 0 Å². The summed E-state index contributed by atoms with van der Waals surface area (Å²) in [6, 6.07) is 20.1. The van der Waals surface area contributed by atoms with E-state index in [2.05, 4.69) is 36.4 Å². The molecule has 0 saturated carbocycles. The molecule has 0 aliphatic heterocycles. The third-order valence-electron chi connectivity index (χ3n) is 4.15. The highest BCUT2D eigenvalue weighted by Crippen LogP contribution is 2.30. The van der Waals surface area contributed by atoms with Crippen LogP contribution in [0.1, 0.15) is 25.0 Å². The minimum Gasteiger partial charge on any atom is -0.493 e. The molecule has 0 bridgehead atoms. The molecule has 3 aromatic carbocycles. The molecule has 0 saturated heterocycles. The second-order valence-electron chi connectivity index (χ2n) is 6.39. The molecule has 3 heteroatoms. The lowest BCUT2D eigenvalue weighted by Gasteiger charge is -2.11. The molecule has 0 aliphatic rings. The van der Waals surface area contributed by atoms with Gasteiger partial charge in [-0.2, -0.15) is 0 Å². The summed E-state index contributed by atoms with van der Waals surface area (Å²) in [7, 11) is 1.57. The minimum absolute atomic E-state index is 0.189. The van der Waals surface area contributed by atoms with Crippen LogP contribution in [0.5, 0.6) is 11.5 Å². The van der Waals surface area contributed by atoms with Gasteiger partial charge < -0.3 is 9.47 Å². The molecule has 3 nitrogen and oxygen atoms in total. The average molecular weight is 346 g/mol. The van der Waals surface area contributed by atoms with E-state index >= 15 is 0 Å². The molecule has 0 N–H and O–H groups in total. The van der Waals surface area contributed by atoms with E-state index in [0.717, 1.165) is 11.1 Å². The van der Waals surface area contributed by atoms with Crippen molar-refractivity contribution in [2.75, 3.05) is 7.11 Å². The number of esters is 1. The van der Waals surface area contributed by atoms with Crippen molar-refractivity contribution in [1.29, 1.82) is 0 Å². The maximum Gasteiger partial charge on any atom is 0.313 e. The number of ether oxygens (including phenoxy) is 2. The first-order valence-electron chi connectivity index (χ1n) is 8.64. The Hall–Kier alpha value is -3.07. The van der Waals surface area contributed by atoms with E-state index in [4.69, 9.17) is 9.47 Å². The zero-order valence-electron chi connectivity index (χ0n) is 15.2. The molecule has 132 valence electrons. The summed E-state index contributed by atoms with van der Waals surface area (Å²) in [5.41, 5.74) is 2.12. The van der Waals surface area contributed by atoms with Crippen molar-refractivity contribution < 1.29 is 14.3 Å². The van der Waals surface area contributed by atoms with E-state index in [1.807, 2.05) is 30.3 Å². The fraction of sp³-hybridized carbons (Fsp3) is 0.174. The Kier molecular flexibility index (Phi) is 5.37. The number of carbonyl (C=O) groups is 1. The van der Waals surface area contributed by atoms with Crippen LogP contribution in [0.25, 0.3) is 22.9 Å². The van der Waals surface area contributed by atoms with Gasteiger partial charge in [-0.25, -0.2) is 0 Å². The summed E-state index contributed by atoms with van der Waals surface area (Å²) < 4.78 is 10.8. The molecule has 0 amide bonds. The van der Waals surface area contributed by atoms with E-state index in [9.17, 15) is 4.79 Å². The van der Waals surface area contributed by atoms with E-state index in [1.54, 1.807) is 27.0 Å². The second kappa shape index (κ2) is 7.87. The molecule has 0 heterocycles. The van der Waals surface area contributed by atoms with Gasteiger partial charge in [-0.3, -0.25) is 4.79 Å². The van der Waals surface area contributed by atoms with Crippen molar-refractivity contribution in [2.24, 2.45) is 5.92 Å². The summed E-state index contributed by atoms with van der Waals surface area (Å²) in [5, 5.41) is 2.42. The van der Waals surface area contributed by atoms with Crippen LogP contribution in [-0.2, 0) is 4.79 Å². The highest BCUT2D eigenvalue weighted by molar-refractivity contribution is 5.92. The van der Waals surface area contributed by atoms with E-state index in [1.165, 1.54) is 10.8 Å². The molecule has 26 heavy (non-hydrogen) atoms. The van der Waals surface area contributed by atoms with Crippen LogP contribution in [0.15, 0.2) is 60.7 Å². The first kappa shape index (κ1) is 17.7. The molecule has 3 aromatic rings. The maximum absolute atomic E-state index is 11.8. The number of hydrogen-bond donors (Lipinski definition) is 0. The van der Waals surface area contributed by atoms with Gasteiger partial charge in [0.25, 0.3) is 0 Å². The van der Waals surface area contributed by atoms with Crippen LogP contribution < -0.4 is 9.47 Å². The molecular weight excluding hydrogens is 324 g/mol. The predicted molar refractivity (Wildman–Crippen MR) is 106 cm³/mol. The fourth-order valence-electron chi connectivity index (χ4n) is 2.68. The molecule has 0 aromatic heterocycles. The van der Waals surface area contributed by atoms with Crippen molar-refractivity contribution in [3.05, 3.63) is 71.8 Å². The lowest BCUT2D eigenvalue weighted by molar-refractivity contribution is -0.137. The summed E-state index contributed by atoms with van der Waals surface area (Å²) in [5.74, 6) is 0.514. The number of rotatable bonds is 5. The molecule has 0 radical (unpaired) electrons. The van der Waals surface area contributed by atoms with Gasteiger partial charge in [0.2, 0.25) is 0 Å². The van der Waals surface area contributed by atoms with Crippen molar-refractivity contribution in [1.82, 2.24) is 0 Å². The number of carbonyl (C=O) groups excluding carboxylic acids is 1. The Balaban J connectivity index is 1.88. The summed E-state index contributed by atoms with van der Waals surface area (Å²) >= 11 is 0. The molecule has 0 aliphatic carbocycles. The van der Waals surface area contributed by atoms with Gasteiger partial charge in [0.1, 0.15) is 0 Å². The van der Waals surface area contributed by atoms with Gasteiger partial charge in [-0.15, -0.1) is 0 Å². The fourth-order valence-corrected chi connectivity index (χ4v) is 2.68. The number of methoxy groups -OCH3 is 1. The molecular formula is C23H22O3. The maximum atomic E-state index is 11.8. The van der Waals surface area contributed by atoms with Crippen molar-refractivity contribution >= 4 is 28.9 Å². The molecule has 0 fully saturated rings. The lowest BCUT2D eigenvalue weighted by Crippen LogP contribution is -2.15. The Bertz CT molecular complexity index is 949.